The smallest absolute Gasteiger partial charge is 0.129 e. The molecule has 0 aliphatic carbocycles. The Morgan fingerprint density at radius 1 is 1.24 bits per heavy atom. The molecule has 2 aromatic heterocycles. The summed E-state index contributed by atoms with van der Waals surface area (Å²) in [6.07, 6.45) is 0. The molecule has 108 valence electrons. The maximum absolute atomic E-state index is 6.12. The quantitative estimate of drug-likeness (QED) is 0.612. The van der Waals surface area contributed by atoms with Gasteiger partial charge < -0.3 is 4.90 Å². The van der Waals surface area contributed by atoms with Gasteiger partial charge in [-0.05, 0) is 36.1 Å². The number of benzene rings is 1. The summed E-state index contributed by atoms with van der Waals surface area (Å²) in [5, 5.41) is 3.24. The highest BCUT2D eigenvalue weighted by atomic mass is 35.5. The van der Waals surface area contributed by atoms with Gasteiger partial charge in [-0.15, -0.1) is 22.9 Å². The number of hydrogen-bond donors (Lipinski definition) is 0. The first kappa shape index (κ1) is 14.4. The van der Waals surface area contributed by atoms with Crippen molar-refractivity contribution in [1.29, 1.82) is 0 Å². The Kier molecular flexibility index (Phi) is 4.13. The summed E-state index contributed by atoms with van der Waals surface area (Å²) in [5.74, 6) is 1.46. The van der Waals surface area contributed by atoms with E-state index in [9.17, 15) is 0 Å². The molecule has 1 unspecified atom stereocenters. The second kappa shape index (κ2) is 6.04. The lowest BCUT2D eigenvalue weighted by Gasteiger charge is -2.26. The zero-order valence-corrected chi connectivity index (χ0v) is 13.7. The van der Waals surface area contributed by atoms with Crippen molar-refractivity contribution in [3.05, 3.63) is 58.3 Å². The van der Waals surface area contributed by atoms with Crippen LogP contribution in [0.3, 0.4) is 0 Å². The van der Waals surface area contributed by atoms with Crippen molar-refractivity contribution in [2.24, 2.45) is 0 Å². The van der Waals surface area contributed by atoms with Crippen LogP contribution < -0.4 is 4.90 Å². The third-order valence-corrected chi connectivity index (χ3v) is 5.16. The molecule has 0 saturated heterocycles. The number of alkyl halides is 1. The molecule has 0 fully saturated rings. The minimum Gasteiger partial charge on any atom is -0.352 e. The molecule has 3 aromatic rings. The Hall–Kier alpha value is -1.58. The molecule has 21 heavy (non-hydrogen) atoms. The van der Waals surface area contributed by atoms with Gasteiger partial charge in [0.25, 0.3) is 0 Å². The van der Waals surface area contributed by atoms with Crippen LogP contribution >= 0.6 is 22.9 Å². The third-order valence-electron chi connectivity index (χ3n) is 3.83. The normalized spacial score (nSPS) is 12.5. The van der Waals surface area contributed by atoms with Gasteiger partial charge in [0, 0.05) is 23.2 Å². The molecule has 0 amide bonds. The lowest BCUT2D eigenvalue weighted by Crippen LogP contribution is -2.22. The maximum atomic E-state index is 6.12. The summed E-state index contributed by atoms with van der Waals surface area (Å²) in [6, 6.07) is 14.8. The summed E-state index contributed by atoms with van der Waals surface area (Å²) >= 11 is 7.89. The van der Waals surface area contributed by atoms with Gasteiger partial charge >= 0.3 is 0 Å². The van der Waals surface area contributed by atoms with Crippen molar-refractivity contribution < 1.29 is 0 Å². The van der Waals surface area contributed by atoms with E-state index in [1.165, 1.54) is 4.88 Å². The van der Waals surface area contributed by atoms with E-state index in [-0.39, 0.29) is 0 Å². The molecular weight excluding hydrogens is 300 g/mol. The number of hydrogen-bond acceptors (Lipinski definition) is 3. The van der Waals surface area contributed by atoms with Crippen molar-refractivity contribution in [3.63, 3.8) is 0 Å². The number of fused-ring (bicyclic) bond motifs is 1. The fraction of sp³-hybridized carbons (Fsp3) is 0.235. The number of halogens is 1. The fourth-order valence-corrected chi connectivity index (χ4v) is 3.49. The minimum atomic E-state index is 0.293. The first-order chi connectivity index (χ1) is 10.2. The molecule has 0 aliphatic rings. The average Bonchev–Trinajstić information content (AvgIpc) is 3.06. The van der Waals surface area contributed by atoms with Crippen molar-refractivity contribution >= 4 is 39.7 Å². The van der Waals surface area contributed by atoms with Crippen LogP contribution in [0.1, 0.15) is 23.4 Å². The van der Waals surface area contributed by atoms with Gasteiger partial charge in [-0.25, -0.2) is 4.98 Å². The topological polar surface area (TPSA) is 16.1 Å². The molecule has 1 atom stereocenters. The van der Waals surface area contributed by atoms with E-state index in [1.54, 1.807) is 11.3 Å². The Balaban J connectivity index is 2.03. The van der Waals surface area contributed by atoms with Crippen LogP contribution in [0.15, 0.2) is 47.8 Å². The third kappa shape index (κ3) is 2.76. The van der Waals surface area contributed by atoms with E-state index in [0.29, 0.717) is 11.9 Å². The molecule has 0 radical (unpaired) electrons. The van der Waals surface area contributed by atoms with Crippen LogP contribution in [-0.4, -0.2) is 12.0 Å². The standard InChI is InChI=1S/C17H17ClN2S/c1-12(16-8-5-9-21-16)20(2)17-10-13(11-18)14-6-3-4-7-15(14)19-17/h3-10,12H,11H2,1-2H3. The van der Waals surface area contributed by atoms with E-state index in [4.69, 9.17) is 16.6 Å². The van der Waals surface area contributed by atoms with Crippen molar-refractivity contribution in [3.8, 4) is 0 Å². The van der Waals surface area contributed by atoms with Gasteiger partial charge in [0.1, 0.15) is 5.82 Å². The van der Waals surface area contributed by atoms with Gasteiger partial charge in [0.05, 0.1) is 11.6 Å². The number of para-hydroxylation sites is 1. The molecule has 4 heteroatoms. The number of pyridine rings is 1. The summed E-state index contributed by atoms with van der Waals surface area (Å²) < 4.78 is 0. The highest BCUT2D eigenvalue weighted by Gasteiger charge is 2.16. The van der Waals surface area contributed by atoms with Gasteiger partial charge in [-0.2, -0.15) is 0 Å². The Morgan fingerprint density at radius 3 is 2.76 bits per heavy atom. The number of rotatable bonds is 4. The molecule has 2 heterocycles. The Morgan fingerprint density at radius 2 is 2.05 bits per heavy atom. The number of anilines is 1. The summed E-state index contributed by atoms with van der Waals surface area (Å²) in [6.45, 7) is 2.20. The first-order valence-corrected chi connectivity index (χ1v) is 8.33. The van der Waals surface area contributed by atoms with Crippen molar-refractivity contribution in [1.82, 2.24) is 4.98 Å². The highest BCUT2D eigenvalue weighted by Crippen LogP contribution is 2.30. The van der Waals surface area contributed by atoms with Crippen LogP contribution in [-0.2, 0) is 5.88 Å². The average molecular weight is 317 g/mol. The van der Waals surface area contributed by atoms with E-state index >= 15 is 0 Å². The van der Waals surface area contributed by atoms with Gasteiger partial charge in [-0.1, -0.05) is 24.3 Å². The minimum absolute atomic E-state index is 0.293. The molecule has 0 aliphatic heterocycles. The molecule has 1 aromatic carbocycles. The van der Waals surface area contributed by atoms with E-state index in [0.717, 1.165) is 22.3 Å². The van der Waals surface area contributed by atoms with E-state index in [1.807, 2.05) is 18.2 Å². The van der Waals surface area contributed by atoms with Gasteiger partial charge in [0.2, 0.25) is 0 Å². The van der Waals surface area contributed by atoms with Crippen molar-refractivity contribution in [2.45, 2.75) is 18.8 Å². The maximum Gasteiger partial charge on any atom is 0.129 e. The number of aromatic nitrogens is 1. The zero-order chi connectivity index (χ0) is 14.8. The van der Waals surface area contributed by atoms with E-state index < -0.39 is 0 Å². The van der Waals surface area contributed by atoms with Crippen LogP contribution in [0.25, 0.3) is 10.9 Å². The SMILES string of the molecule is CC(c1cccs1)N(C)c1cc(CCl)c2ccccc2n1. The first-order valence-electron chi connectivity index (χ1n) is 6.91. The zero-order valence-electron chi connectivity index (χ0n) is 12.1. The van der Waals surface area contributed by atoms with Gasteiger partial charge in [0.15, 0.2) is 0 Å². The Bertz CT molecular complexity index is 740. The summed E-state index contributed by atoms with van der Waals surface area (Å²) in [5.41, 5.74) is 2.12. The molecular formula is C17H17ClN2S. The summed E-state index contributed by atoms with van der Waals surface area (Å²) in [7, 11) is 2.08. The fourth-order valence-electron chi connectivity index (χ4n) is 2.44. The Labute approximate surface area is 134 Å². The summed E-state index contributed by atoms with van der Waals surface area (Å²) in [4.78, 5) is 8.32. The second-order valence-electron chi connectivity index (χ2n) is 5.09. The second-order valence-corrected chi connectivity index (χ2v) is 6.34. The molecule has 0 saturated carbocycles. The predicted octanol–water partition coefficient (Wildman–Crippen LogP) is 5.23. The van der Waals surface area contributed by atoms with E-state index in [2.05, 4.69) is 48.5 Å². The lowest BCUT2D eigenvalue weighted by atomic mass is 10.1. The van der Waals surface area contributed by atoms with Crippen LogP contribution in [0.5, 0.6) is 0 Å². The van der Waals surface area contributed by atoms with Crippen LogP contribution in [0.2, 0.25) is 0 Å². The molecule has 0 N–H and O–H groups in total. The largest absolute Gasteiger partial charge is 0.352 e. The monoisotopic (exact) mass is 316 g/mol. The van der Waals surface area contributed by atoms with Crippen molar-refractivity contribution in [2.75, 3.05) is 11.9 Å². The molecule has 3 rings (SSSR count). The lowest BCUT2D eigenvalue weighted by molar-refractivity contribution is 0.743. The van der Waals surface area contributed by atoms with Gasteiger partial charge in [-0.3, -0.25) is 0 Å². The predicted molar refractivity (Wildman–Crippen MR) is 92.4 cm³/mol. The number of nitrogens with zero attached hydrogens (tertiary/aromatic N) is 2. The highest BCUT2D eigenvalue weighted by molar-refractivity contribution is 7.10. The molecule has 0 spiro atoms. The molecule has 0 bridgehead atoms. The molecule has 2 nitrogen and oxygen atoms in total. The van der Waals surface area contributed by atoms with Crippen LogP contribution in [0.4, 0.5) is 5.82 Å². The number of thiophene rings is 1. The van der Waals surface area contributed by atoms with Crippen LogP contribution in [0, 0.1) is 0 Å².